The van der Waals surface area contributed by atoms with Gasteiger partial charge >= 0.3 is 0 Å². The second-order valence-corrected chi connectivity index (χ2v) is 2.18. The van der Waals surface area contributed by atoms with Gasteiger partial charge in [0.25, 0.3) is 0 Å². The summed E-state index contributed by atoms with van der Waals surface area (Å²) in [7, 11) is 0. The molecule has 0 saturated carbocycles. The van der Waals surface area contributed by atoms with Crippen molar-refractivity contribution in [2.45, 2.75) is 26.4 Å². The summed E-state index contributed by atoms with van der Waals surface area (Å²) in [6.45, 7) is 5.22. The Balaban J connectivity index is 2.31. The lowest BCUT2D eigenvalue weighted by atomic mass is 10.2. The van der Waals surface area contributed by atoms with E-state index < -0.39 is 0 Å². The predicted octanol–water partition coefficient (Wildman–Crippen LogP) is 1.74. The van der Waals surface area contributed by atoms with Gasteiger partial charge in [-0.25, -0.2) is 0 Å². The third-order valence-corrected chi connectivity index (χ3v) is 1.37. The minimum absolute atomic E-state index is 0.481. The van der Waals surface area contributed by atoms with Crippen LogP contribution in [-0.4, -0.2) is 12.7 Å². The van der Waals surface area contributed by atoms with Crippen LogP contribution >= 0.6 is 0 Å². The molecule has 0 aromatic carbocycles. The van der Waals surface area contributed by atoms with Crippen molar-refractivity contribution < 1.29 is 4.74 Å². The second-order valence-electron chi connectivity index (χ2n) is 2.18. The minimum Gasteiger partial charge on any atom is -0.368 e. The van der Waals surface area contributed by atoms with E-state index in [9.17, 15) is 0 Å². The quantitative estimate of drug-likeness (QED) is 0.391. The smallest absolute Gasteiger partial charge is 0.102 e. The summed E-state index contributed by atoms with van der Waals surface area (Å²) < 4.78 is 5.05. The molecule has 0 aromatic heterocycles. The Morgan fingerprint density at radius 3 is 2.88 bits per heavy atom. The van der Waals surface area contributed by atoms with Gasteiger partial charge in [-0.05, 0) is 18.9 Å². The van der Waals surface area contributed by atoms with Gasteiger partial charge in [-0.3, -0.25) is 0 Å². The zero-order valence-corrected chi connectivity index (χ0v) is 5.48. The van der Waals surface area contributed by atoms with E-state index in [-0.39, 0.29) is 0 Å². The van der Waals surface area contributed by atoms with Crippen LogP contribution in [0.4, 0.5) is 0 Å². The van der Waals surface area contributed by atoms with Crippen molar-refractivity contribution in [1.82, 2.24) is 0 Å². The molecule has 0 bridgehead atoms. The average Bonchev–Trinajstić information content (AvgIpc) is 2.45. The maximum absolute atomic E-state index is 5.05. The monoisotopic (exact) mass is 112 g/mol. The number of ether oxygens (including phenoxy) is 1. The maximum atomic E-state index is 5.05. The van der Waals surface area contributed by atoms with Crippen LogP contribution in [0.3, 0.4) is 0 Å². The molecule has 0 spiro atoms. The van der Waals surface area contributed by atoms with E-state index in [2.05, 4.69) is 19.9 Å². The molecule has 1 heterocycles. The van der Waals surface area contributed by atoms with Crippen LogP contribution < -0.4 is 0 Å². The SMILES string of the molecule is CC/C=C(\C)C1CO1. The molecule has 1 saturated heterocycles. The fourth-order valence-corrected chi connectivity index (χ4v) is 0.764. The Morgan fingerprint density at radius 1 is 1.88 bits per heavy atom. The summed E-state index contributed by atoms with van der Waals surface area (Å²) >= 11 is 0. The Bertz CT molecular complexity index is 101. The van der Waals surface area contributed by atoms with E-state index in [0.29, 0.717) is 6.10 Å². The Morgan fingerprint density at radius 2 is 2.50 bits per heavy atom. The van der Waals surface area contributed by atoms with E-state index in [1.807, 2.05) is 0 Å². The highest BCUT2D eigenvalue weighted by molar-refractivity contribution is 5.09. The van der Waals surface area contributed by atoms with Crippen LogP contribution in [0.1, 0.15) is 20.3 Å². The van der Waals surface area contributed by atoms with Crippen molar-refractivity contribution in [3.63, 3.8) is 0 Å². The normalized spacial score (nSPS) is 28.2. The number of epoxide rings is 1. The van der Waals surface area contributed by atoms with Crippen LogP contribution in [0.15, 0.2) is 11.6 Å². The molecule has 1 nitrogen and oxygen atoms in total. The molecule has 8 heavy (non-hydrogen) atoms. The molecule has 0 amide bonds. The molecule has 1 aliphatic rings. The topological polar surface area (TPSA) is 12.5 Å². The molecule has 1 aliphatic heterocycles. The first kappa shape index (κ1) is 5.83. The zero-order chi connectivity index (χ0) is 5.98. The van der Waals surface area contributed by atoms with Gasteiger partial charge in [-0.15, -0.1) is 0 Å². The minimum atomic E-state index is 0.481. The summed E-state index contributed by atoms with van der Waals surface area (Å²) in [5.74, 6) is 0. The molecule has 1 rings (SSSR count). The highest BCUT2D eigenvalue weighted by atomic mass is 16.6. The summed E-state index contributed by atoms with van der Waals surface area (Å²) in [6, 6.07) is 0. The van der Waals surface area contributed by atoms with Crippen LogP contribution in [-0.2, 0) is 4.74 Å². The molecule has 1 unspecified atom stereocenters. The first-order valence-electron chi connectivity index (χ1n) is 3.13. The largest absolute Gasteiger partial charge is 0.368 e. The lowest BCUT2D eigenvalue weighted by Gasteiger charge is -1.88. The summed E-state index contributed by atoms with van der Waals surface area (Å²) in [5.41, 5.74) is 1.40. The molecular weight excluding hydrogens is 100 g/mol. The van der Waals surface area contributed by atoms with Crippen LogP contribution in [0.25, 0.3) is 0 Å². The van der Waals surface area contributed by atoms with Gasteiger partial charge in [0.1, 0.15) is 6.10 Å². The standard InChI is InChI=1S/C7H12O/c1-3-4-6(2)7-5-8-7/h4,7H,3,5H2,1-2H3/b6-4+. The third kappa shape index (κ3) is 1.34. The molecule has 0 N–H and O–H groups in total. The molecule has 1 fully saturated rings. The van der Waals surface area contributed by atoms with Gasteiger partial charge < -0.3 is 4.74 Å². The first-order valence-corrected chi connectivity index (χ1v) is 3.13. The highest BCUT2D eigenvalue weighted by Gasteiger charge is 2.23. The zero-order valence-electron chi connectivity index (χ0n) is 5.48. The number of allylic oxidation sites excluding steroid dienone is 1. The van der Waals surface area contributed by atoms with E-state index in [0.717, 1.165) is 13.0 Å². The predicted molar refractivity (Wildman–Crippen MR) is 33.8 cm³/mol. The van der Waals surface area contributed by atoms with Gasteiger partial charge in [0, 0.05) is 0 Å². The fourth-order valence-electron chi connectivity index (χ4n) is 0.764. The number of hydrogen-bond acceptors (Lipinski definition) is 1. The number of hydrogen-bond donors (Lipinski definition) is 0. The lowest BCUT2D eigenvalue weighted by Crippen LogP contribution is -1.84. The molecule has 0 radical (unpaired) electrons. The molecule has 0 aliphatic carbocycles. The number of rotatable bonds is 2. The van der Waals surface area contributed by atoms with Crippen LogP contribution in [0.5, 0.6) is 0 Å². The maximum Gasteiger partial charge on any atom is 0.102 e. The average molecular weight is 112 g/mol. The van der Waals surface area contributed by atoms with E-state index in [1.54, 1.807) is 0 Å². The summed E-state index contributed by atoms with van der Waals surface area (Å²) in [5, 5.41) is 0. The summed E-state index contributed by atoms with van der Waals surface area (Å²) in [4.78, 5) is 0. The van der Waals surface area contributed by atoms with E-state index in [1.165, 1.54) is 5.57 Å². The van der Waals surface area contributed by atoms with Crippen molar-refractivity contribution in [1.29, 1.82) is 0 Å². The van der Waals surface area contributed by atoms with Crippen molar-refractivity contribution in [2.75, 3.05) is 6.61 Å². The molecule has 1 atom stereocenters. The Kier molecular flexibility index (Phi) is 1.69. The molecular formula is C7H12O. The molecule has 46 valence electrons. The second kappa shape index (κ2) is 2.31. The molecule has 1 heteroatoms. The van der Waals surface area contributed by atoms with Gasteiger partial charge in [0.2, 0.25) is 0 Å². The van der Waals surface area contributed by atoms with E-state index in [4.69, 9.17) is 4.74 Å². The lowest BCUT2D eigenvalue weighted by molar-refractivity contribution is 0.431. The highest BCUT2D eigenvalue weighted by Crippen LogP contribution is 2.18. The fraction of sp³-hybridized carbons (Fsp3) is 0.714. The third-order valence-electron chi connectivity index (χ3n) is 1.37. The van der Waals surface area contributed by atoms with Crippen molar-refractivity contribution in [3.05, 3.63) is 11.6 Å². The van der Waals surface area contributed by atoms with Crippen molar-refractivity contribution in [2.24, 2.45) is 0 Å². The van der Waals surface area contributed by atoms with Gasteiger partial charge in [-0.2, -0.15) is 0 Å². The summed E-state index contributed by atoms with van der Waals surface area (Å²) in [6.07, 6.45) is 3.83. The first-order chi connectivity index (χ1) is 3.84. The van der Waals surface area contributed by atoms with Crippen LogP contribution in [0, 0.1) is 0 Å². The van der Waals surface area contributed by atoms with Crippen molar-refractivity contribution >= 4 is 0 Å². The van der Waals surface area contributed by atoms with Crippen molar-refractivity contribution in [3.8, 4) is 0 Å². The van der Waals surface area contributed by atoms with Gasteiger partial charge in [0.05, 0.1) is 6.61 Å². The van der Waals surface area contributed by atoms with Gasteiger partial charge in [0.15, 0.2) is 0 Å². The van der Waals surface area contributed by atoms with Crippen LogP contribution in [0.2, 0.25) is 0 Å². The van der Waals surface area contributed by atoms with Gasteiger partial charge in [-0.1, -0.05) is 13.0 Å². The Hall–Kier alpha value is -0.300. The Labute approximate surface area is 50.3 Å². The molecule has 0 aromatic rings. The van der Waals surface area contributed by atoms with E-state index >= 15 is 0 Å².